The van der Waals surface area contributed by atoms with Gasteiger partial charge in [-0.1, -0.05) is 6.07 Å². The van der Waals surface area contributed by atoms with E-state index in [1.54, 1.807) is 12.1 Å². The van der Waals surface area contributed by atoms with Crippen LogP contribution < -0.4 is 11.5 Å². The molecule has 1 aromatic carbocycles. The van der Waals surface area contributed by atoms with Crippen LogP contribution in [0.3, 0.4) is 0 Å². The molecule has 0 aliphatic rings. The van der Waals surface area contributed by atoms with Crippen LogP contribution in [0.5, 0.6) is 5.75 Å². The largest absolute Gasteiger partial charge is 0.506 e. The number of rotatable bonds is 2. The van der Waals surface area contributed by atoms with Gasteiger partial charge in [-0.15, -0.1) is 0 Å². The first-order valence-corrected chi connectivity index (χ1v) is 3.60. The standard InChI is InChI=1S/C8H12N2O2/c9-6-2-1-5(3-8(6)12)7(10)4-11/h1-3,7,11-12H,4,9-10H2. The quantitative estimate of drug-likeness (QED) is 0.368. The molecular weight excluding hydrogens is 156 g/mol. The number of hydrogen-bond donors (Lipinski definition) is 4. The minimum absolute atomic E-state index is 0.00333. The summed E-state index contributed by atoms with van der Waals surface area (Å²) in [6.45, 7) is -0.149. The van der Waals surface area contributed by atoms with Crippen LogP contribution >= 0.6 is 0 Å². The van der Waals surface area contributed by atoms with E-state index in [1.807, 2.05) is 0 Å². The SMILES string of the molecule is Nc1ccc(C(N)CO)cc1O. The molecule has 4 nitrogen and oxygen atoms in total. The van der Waals surface area contributed by atoms with E-state index in [0.29, 0.717) is 11.3 Å². The highest BCUT2D eigenvalue weighted by molar-refractivity contribution is 5.53. The fraction of sp³-hybridized carbons (Fsp3) is 0.250. The van der Waals surface area contributed by atoms with Crippen molar-refractivity contribution in [2.24, 2.45) is 5.73 Å². The predicted molar refractivity (Wildman–Crippen MR) is 46.5 cm³/mol. The molecule has 0 heterocycles. The number of phenols is 1. The van der Waals surface area contributed by atoms with Crippen LogP contribution in [0.2, 0.25) is 0 Å². The van der Waals surface area contributed by atoms with E-state index in [9.17, 15) is 5.11 Å². The van der Waals surface area contributed by atoms with Crippen molar-refractivity contribution in [2.75, 3.05) is 12.3 Å². The number of aliphatic hydroxyl groups excluding tert-OH is 1. The van der Waals surface area contributed by atoms with Crippen LogP contribution in [0.1, 0.15) is 11.6 Å². The van der Waals surface area contributed by atoms with Crippen molar-refractivity contribution in [1.29, 1.82) is 0 Å². The van der Waals surface area contributed by atoms with Gasteiger partial charge >= 0.3 is 0 Å². The average molecular weight is 168 g/mol. The van der Waals surface area contributed by atoms with Gasteiger partial charge in [-0.3, -0.25) is 0 Å². The molecule has 0 aromatic heterocycles. The zero-order chi connectivity index (χ0) is 9.14. The van der Waals surface area contributed by atoms with Crippen LogP contribution in [0.15, 0.2) is 18.2 Å². The van der Waals surface area contributed by atoms with Gasteiger partial charge in [-0.2, -0.15) is 0 Å². The predicted octanol–water partition coefficient (Wildman–Crippen LogP) is -0.0335. The number of phenolic OH excluding ortho intramolecular Hbond substituents is 1. The molecule has 0 fully saturated rings. The lowest BCUT2D eigenvalue weighted by Crippen LogP contribution is -2.14. The van der Waals surface area contributed by atoms with E-state index in [0.717, 1.165) is 0 Å². The molecule has 66 valence electrons. The first-order valence-electron chi connectivity index (χ1n) is 3.60. The smallest absolute Gasteiger partial charge is 0.138 e. The second-order valence-electron chi connectivity index (χ2n) is 2.61. The molecule has 0 saturated heterocycles. The van der Waals surface area contributed by atoms with Crippen molar-refractivity contribution in [3.05, 3.63) is 23.8 Å². The van der Waals surface area contributed by atoms with E-state index < -0.39 is 6.04 Å². The van der Waals surface area contributed by atoms with Gasteiger partial charge < -0.3 is 21.7 Å². The lowest BCUT2D eigenvalue weighted by molar-refractivity contribution is 0.268. The first-order chi connectivity index (χ1) is 5.65. The normalized spacial score (nSPS) is 12.8. The Balaban J connectivity index is 2.96. The van der Waals surface area contributed by atoms with Gasteiger partial charge in [-0.25, -0.2) is 0 Å². The van der Waals surface area contributed by atoms with E-state index in [4.69, 9.17) is 16.6 Å². The molecule has 4 heteroatoms. The summed E-state index contributed by atoms with van der Waals surface area (Å²) < 4.78 is 0. The summed E-state index contributed by atoms with van der Waals surface area (Å²) in [4.78, 5) is 0. The number of nitrogens with two attached hydrogens (primary N) is 2. The van der Waals surface area contributed by atoms with Crippen LogP contribution in [0.4, 0.5) is 5.69 Å². The molecule has 0 aliphatic heterocycles. The second-order valence-corrected chi connectivity index (χ2v) is 2.61. The highest BCUT2D eigenvalue weighted by Crippen LogP contribution is 2.23. The van der Waals surface area contributed by atoms with Gasteiger partial charge in [0.15, 0.2) is 0 Å². The first kappa shape index (κ1) is 8.83. The van der Waals surface area contributed by atoms with E-state index >= 15 is 0 Å². The van der Waals surface area contributed by atoms with Crippen LogP contribution in [-0.4, -0.2) is 16.8 Å². The summed E-state index contributed by atoms with van der Waals surface area (Å²) in [5.41, 5.74) is 11.9. The molecule has 0 bridgehead atoms. The van der Waals surface area contributed by atoms with Crippen molar-refractivity contribution >= 4 is 5.69 Å². The Morgan fingerprint density at radius 3 is 2.58 bits per heavy atom. The maximum absolute atomic E-state index is 9.18. The van der Waals surface area contributed by atoms with E-state index in [-0.39, 0.29) is 12.4 Å². The van der Waals surface area contributed by atoms with Crippen LogP contribution in [0, 0.1) is 0 Å². The number of nitrogen functional groups attached to an aromatic ring is 1. The highest BCUT2D eigenvalue weighted by Gasteiger charge is 2.05. The lowest BCUT2D eigenvalue weighted by Gasteiger charge is -2.09. The molecule has 0 amide bonds. The summed E-state index contributed by atoms with van der Waals surface area (Å²) >= 11 is 0. The molecule has 0 aliphatic carbocycles. The Labute approximate surface area is 70.4 Å². The molecule has 0 radical (unpaired) electrons. The summed E-state index contributed by atoms with van der Waals surface area (Å²) in [7, 11) is 0. The average Bonchev–Trinajstić information content (AvgIpc) is 2.08. The Bertz CT molecular complexity index is 276. The molecule has 1 atom stereocenters. The minimum Gasteiger partial charge on any atom is -0.506 e. The third-order valence-electron chi connectivity index (χ3n) is 1.68. The zero-order valence-electron chi connectivity index (χ0n) is 6.57. The third-order valence-corrected chi connectivity index (χ3v) is 1.68. The molecule has 1 aromatic rings. The van der Waals surface area contributed by atoms with Gasteiger partial charge in [0, 0.05) is 0 Å². The monoisotopic (exact) mass is 168 g/mol. The fourth-order valence-corrected chi connectivity index (χ4v) is 0.897. The van der Waals surface area contributed by atoms with Crippen molar-refractivity contribution < 1.29 is 10.2 Å². The molecule has 1 rings (SSSR count). The molecule has 0 saturated carbocycles. The van der Waals surface area contributed by atoms with Crippen molar-refractivity contribution in [3.63, 3.8) is 0 Å². The van der Waals surface area contributed by atoms with Gasteiger partial charge in [0.1, 0.15) is 5.75 Å². The Morgan fingerprint density at radius 2 is 2.08 bits per heavy atom. The van der Waals surface area contributed by atoms with Gasteiger partial charge in [0.25, 0.3) is 0 Å². The topological polar surface area (TPSA) is 92.5 Å². The van der Waals surface area contributed by atoms with Gasteiger partial charge in [0.2, 0.25) is 0 Å². The molecule has 1 unspecified atom stereocenters. The lowest BCUT2D eigenvalue weighted by atomic mass is 10.1. The highest BCUT2D eigenvalue weighted by atomic mass is 16.3. The maximum Gasteiger partial charge on any atom is 0.138 e. The van der Waals surface area contributed by atoms with Crippen molar-refractivity contribution in [1.82, 2.24) is 0 Å². The molecule has 0 spiro atoms. The summed E-state index contributed by atoms with van der Waals surface area (Å²) in [6.07, 6.45) is 0. The van der Waals surface area contributed by atoms with Crippen molar-refractivity contribution in [2.45, 2.75) is 6.04 Å². The maximum atomic E-state index is 9.18. The number of benzene rings is 1. The Hall–Kier alpha value is -1.26. The summed E-state index contributed by atoms with van der Waals surface area (Å²) in [5, 5.41) is 17.9. The number of aromatic hydroxyl groups is 1. The summed E-state index contributed by atoms with van der Waals surface area (Å²) in [5.74, 6) is -0.00333. The third kappa shape index (κ3) is 1.66. The molecule has 12 heavy (non-hydrogen) atoms. The number of anilines is 1. The zero-order valence-corrected chi connectivity index (χ0v) is 6.57. The van der Waals surface area contributed by atoms with Crippen molar-refractivity contribution in [3.8, 4) is 5.75 Å². The number of aliphatic hydroxyl groups is 1. The van der Waals surface area contributed by atoms with E-state index in [1.165, 1.54) is 6.07 Å². The molecule has 6 N–H and O–H groups in total. The van der Waals surface area contributed by atoms with Gasteiger partial charge in [0.05, 0.1) is 18.3 Å². The second kappa shape index (κ2) is 3.42. The molecular formula is C8H12N2O2. The summed E-state index contributed by atoms with van der Waals surface area (Å²) in [6, 6.07) is 4.23. The van der Waals surface area contributed by atoms with E-state index in [2.05, 4.69) is 0 Å². The Kier molecular flexibility index (Phi) is 2.52. The fourth-order valence-electron chi connectivity index (χ4n) is 0.897. The van der Waals surface area contributed by atoms with Gasteiger partial charge in [-0.05, 0) is 17.7 Å². The Morgan fingerprint density at radius 1 is 1.42 bits per heavy atom. The minimum atomic E-state index is -0.462. The van der Waals surface area contributed by atoms with Crippen LogP contribution in [0.25, 0.3) is 0 Å². The van der Waals surface area contributed by atoms with Crippen LogP contribution in [-0.2, 0) is 0 Å². The number of hydrogen-bond acceptors (Lipinski definition) is 4.